The fourth-order valence-corrected chi connectivity index (χ4v) is 2.39. The second kappa shape index (κ2) is 6.06. The van der Waals surface area contributed by atoms with Gasteiger partial charge in [0.25, 0.3) is 0 Å². The maximum atomic E-state index is 9.97. The number of thiol groups is 1. The van der Waals surface area contributed by atoms with Crippen LogP contribution >= 0.6 is 12.6 Å². The van der Waals surface area contributed by atoms with E-state index in [0.29, 0.717) is 5.39 Å². The van der Waals surface area contributed by atoms with Crippen molar-refractivity contribution in [3.05, 3.63) is 29.8 Å². The number of fused-ring (bicyclic) bond motifs is 1. The molecule has 3 N–H and O–H groups in total. The molecule has 2 rings (SSSR count). The maximum Gasteiger partial charge on any atom is 0.158 e. The monoisotopic (exact) mass is 278 g/mol. The van der Waals surface area contributed by atoms with Crippen LogP contribution < -0.4 is 0 Å². The molecule has 0 aliphatic rings. The molecule has 0 heterocycles. The first-order valence-corrected chi connectivity index (χ1v) is 7.03. The summed E-state index contributed by atoms with van der Waals surface area (Å²) in [5, 5.41) is 30.4. The molecule has 0 unspecified atom stereocenters. The van der Waals surface area contributed by atoms with Crippen molar-refractivity contribution in [3.8, 4) is 17.2 Å². The van der Waals surface area contributed by atoms with Crippen molar-refractivity contribution in [1.29, 1.82) is 0 Å². The van der Waals surface area contributed by atoms with Crippen molar-refractivity contribution in [2.24, 2.45) is 0 Å². The molecule has 0 saturated carbocycles. The van der Waals surface area contributed by atoms with Crippen LogP contribution in [0.15, 0.2) is 24.3 Å². The zero-order chi connectivity index (χ0) is 13.8. The summed E-state index contributed by atoms with van der Waals surface area (Å²) < 4.78 is 0. The molecule has 102 valence electrons. The van der Waals surface area contributed by atoms with E-state index in [9.17, 15) is 15.3 Å². The van der Waals surface area contributed by atoms with Crippen molar-refractivity contribution in [1.82, 2.24) is 0 Å². The average molecular weight is 278 g/mol. The molecule has 0 atom stereocenters. The van der Waals surface area contributed by atoms with Crippen LogP contribution in [-0.2, 0) is 6.42 Å². The summed E-state index contributed by atoms with van der Waals surface area (Å²) in [6, 6.07) is 6.46. The van der Waals surface area contributed by atoms with Gasteiger partial charge in [-0.2, -0.15) is 12.6 Å². The van der Waals surface area contributed by atoms with E-state index < -0.39 is 0 Å². The predicted molar refractivity (Wildman–Crippen MR) is 80.4 cm³/mol. The summed E-state index contributed by atoms with van der Waals surface area (Å²) in [6.07, 6.45) is 3.97. The topological polar surface area (TPSA) is 60.7 Å². The molecule has 0 amide bonds. The van der Waals surface area contributed by atoms with E-state index in [1.165, 1.54) is 12.1 Å². The second-order valence-corrected chi connectivity index (χ2v) is 5.15. The Morgan fingerprint density at radius 2 is 1.32 bits per heavy atom. The summed E-state index contributed by atoms with van der Waals surface area (Å²) >= 11 is 4.17. The SMILES string of the molecule is Oc1cc2cc(O)c(CCCCCS)cc2cc1O. The highest BCUT2D eigenvalue weighted by atomic mass is 32.1. The Balaban J connectivity index is 2.25. The average Bonchev–Trinajstić information content (AvgIpc) is 2.37. The van der Waals surface area contributed by atoms with Gasteiger partial charge >= 0.3 is 0 Å². The van der Waals surface area contributed by atoms with Crippen LogP contribution in [-0.4, -0.2) is 21.1 Å². The molecule has 2 aromatic carbocycles. The molecule has 0 radical (unpaired) electrons. The molecule has 0 aromatic heterocycles. The highest BCUT2D eigenvalue weighted by molar-refractivity contribution is 7.80. The molecular formula is C15H18O3S. The number of phenols is 3. The third-order valence-electron chi connectivity index (χ3n) is 3.24. The van der Waals surface area contributed by atoms with Gasteiger partial charge in [-0.15, -0.1) is 0 Å². The largest absolute Gasteiger partial charge is 0.508 e. The molecule has 4 heteroatoms. The second-order valence-electron chi connectivity index (χ2n) is 4.70. The fourth-order valence-electron chi connectivity index (χ4n) is 2.17. The zero-order valence-corrected chi connectivity index (χ0v) is 11.5. The standard InChI is InChI=1S/C15H18O3S/c16-13-7-12-9-15(18)14(17)8-11(12)6-10(13)4-2-1-3-5-19/h6-9,16-19H,1-5H2. The van der Waals surface area contributed by atoms with Gasteiger partial charge in [0.15, 0.2) is 11.5 Å². The molecule has 0 saturated heterocycles. The highest BCUT2D eigenvalue weighted by Crippen LogP contribution is 2.34. The first-order chi connectivity index (χ1) is 9.11. The summed E-state index contributed by atoms with van der Waals surface area (Å²) in [5.41, 5.74) is 0.872. The number of aromatic hydroxyl groups is 3. The van der Waals surface area contributed by atoms with Gasteiger partial charge in [-0.3, -0.25) is 0 Å². The Morgan fingerprint density at radius 3 is 1.95 bits per heavy atom. The maximum absolute atomic E-state index is 9.97. The number of hydrogen-bond acceptors (Lipinski definition) is 4. The fraction of sp³-hybridized carbons (Fsp3) is 0.333. The number of aryl methyl sites for hydroxylation is 1. The number of benzene rings is 2. The lowest BCUT2D eigenvalue weighted by Gasteiger charge is -2.08. The zero-order valence-electron chi connectivity index (χ0n) is 10.6. The van der Waals surface area contributed by atoms with Gasteiger partial charge in [0, 0.05) is 0 Å². The van der Waals surface area contributed by atoms with Crippen molar-refractivity contribution in [3.63, 3.8) is 0 Å². The first kappa shape index (κ1) is 13.9. The Kier molecular flexibility index (Phi) is 4.43. The third-order valence-corrected chi connectivity index (χ3v) is 3.55. The van der Waals surface area contributed by atoms with Crippen LogP contribution in [0.5, 0.6) is 17.2 Å². The smallest absolute Gasteiger partial charge is 0.158 e. The Labute approximate surface area is 117 Å². The van der Waals surface area contributed by atoms with Crippen LogP contribution in [0.2, 0.25) is 0 Å². The van der Waals surface area contributed by atoms with Crippen LogP contribution in [0.1, 0.15) is 24.8 Å². The number of phenolic OH excluding ortho intramolecular Hbond substituents is 3. The molecule has 0 fully saturated rings. The van der Waals surface area contributed by atoms with Crippen molar-refractivity contribution in [2.75, 3.05) is 5.75 Å². The van der Waals surface area contributed by atoms with E-state index in [-0.39, 0.29) is 17.2 Å². The Hall–Kier alpha value is -1.55. The van der Waals surface area contributed by atoms with Crippen LogP contribution in [0.25, 0.3) is 10.8 Å². The lowest BCUT2D eigenvalue weighted by molar-refractivity contribution is 0.405. The van der Waals surface area contributed by atoms with Gasteiger partial charge < -0.3 is 15.3 Å². The number of unbranched alkanes of at least 4 members (excludes halogenated alkanes) is 2. The van der Waals surface area contributed by atoms with E-state index in [1.54, 1.807) is 6.07 Å². The van der Waals surface area contributed by atoms with E-state index in [0.717, 1.165) is 42.4 Å². The van der Waals surface area contributed by atoms with E-state index in [4.69, 9.17) is 0 Å². The van der Waals surface area contributed by atoms with Gasteiger partial charge in [-0.25, -0.2) is 0 Å². The molecule has 3 nitrogen and oxygen atoms in total. The summed E-state index contributed by atoms with van der Waals surface area (Å²) in [6.45, 7) is 0. The van der Waals surface area contributed by atoms with Gasteiger partial charge in [-0.1, -0.05) is 6.42 Å². The molecule has 19 heavy (non-hydrogen) atoms. The molecule has 2 aromatic rings. The minimum atomic E-state index is -0.173. The number of hydrogen-bond donors (Lipinski definition) is 4. The summed E-state index contributed by atoms with van der Waals surface area (Å²) in [4.78, 5) is 0. The van der Waals surface area contributed by atoms with E-state index >= 15 is 0 Å². The van der Waals surface area contributed by atoms with Crippen molar-refractivity contribution >= 4 is 23.4 Å². The lowest BCUT2D eigenvalue weighted by atomic mass is 10.0. The van der Waals surface area contributed by atoms with Gasteiger partial charge in [-0.05, 0) is 65.6 Å². The van der Waals surface area contributed by atoms with Crippen LogP contribution in [0, 0.1) is 0 Å². The van der Waals surface area contributed by atoms with Gasteiger partial charge in [0.1, 0.15) is 5.75 Å². The Bertz CT molecular complexity index is 581. The molecule has 0 spiro atoms. The van der Waals surface area contributed by atoms with Gasteiger partial charge in [0.05, 0.1) is 0 Å². The van der Waals surface area contributed by atoms with Crippen LogP contribution in [0.4, 0.5) is 0 Å². The first-order valence-electron chi connectivity index (χ1n) is 6.40. The molecule has 0 aliphatic carbocycles. The normalized spacial score (nSPS) is 11.0. The molecule has 0 aliphatic heterocycles. The minimum absolute atomic E-state index is 0.140. The lowest BCUT2D eigenvalue weighted by Crippen LogP contribution is -1.88. The number of rotatable bonds is 5. The third kappa shape index (κ3) is 3.26. The predicted octanol–water partition coefficient (Wildman–Crippen LogP) is 3.60. The molecular weight excluding hydrogens is 260 g/mol. The van der Waals surface area contributed by atoms with E-state index in [1.807, 2.05) is 6.07 Å². The molecule has 0 bridgehead atoms. The summed E-state index contributed by atoms with van der Waals surface area (Å²) in [7, 11) is 0. The van der Waals surface area contributed by atoms with E-state index in [2.05, 4.69) is 12.6 Å². The highest BCUT2D eigenvalue weighted by Gasteiger charge is 2.07. The van der Waals surface area contributed by atoms with Crippen molar-refractivity contribution in [2.45, 2.75) is 25.7 Å². The van der Waals surface area contributed by atoms with Gasteiger partial charge in [0.2, 0.25) is 0 Å². The Morgan fingerprint density at radius 1 is 0.737 bits per heavy atom. The minimum Gasteiger partial charge on any atom is -0.508 e. The summed E-state index contributed by atoms with van der Waals surface area (Å²) in [5.74, 6) is 0.813. The quantitative estimate of drug-likeness (QED) is 0.384. The van der Waals surface area contributed by atoms with Crippen molar-refractivity contribution < 1.29 is 15.3 Å². The van der Waals surface area contributed by atoms with Crippen LogP contribution in [0.3, 0.4) is 0 Å².